The number of aryl methyl sites for hydroxylation is 1. The Kier molecular flexibility index (Phi) is 3.01. The van der Waals surface area contributed by atoms with Crippen molar-refractivity contribution in [3.63, 3.8) is 0 Å². The SMILES string of the molecule is Cc1cn[nH]c1NC(=O)C1CCOCC1. The molecular weight excluding hydrogens is 194 g/mol. The number of nitrogens with zero attached hydrogens (tertiary/aromatic N) is 1. The molecule has 2 heterocycles. The third kappa shape index (κ3) is 2.36. The van der Waals surface area contributed by atoms with Crippen LogP contribution >= 0.6 is 0 Å². The van der Waals surface area contributed by atoms with Gasteiger partial charge in [-0.1, -0.05) is 0 Å². The number of aromatic amines is 1. The van der Waals surface area contributed by atoms with Crippen LogP contribution in [0.3, 0.4) is 0 Å². The van der Waals surface area contributed by atoms with Crippen molar-refractivity contribution in [3.05, 3.63) is 11.8 Å². The second-order valence-corrected chi connectivity index (χ2v) is 3.80. The number of anilines is 1. The zero-order valence-corrected chi connectivity index (χ0v) is 8.75. The molecule has 1 aliphatic rings. The number of hydrogen-bond acceptors (Lipinski definition) is 3. The molecule has 0 radical (unpaired) electrons. The molecule has 0 saturated carbocycles. The molecule has 2 rings (SSSR count). The molecule has 0 spiro atoms. The molecule has 2 N–H and O–H groups in total. The van der Waals surface area contributed by atoms with E-state index in [0.717, 1.165) is 18.4 Å². The molecule has 5 heteroatoms. The van der Waals surface area contributed by atoms with Gasteiger partial charge >= 0.3 is 0 Å². The molecule has 1 amide bonds. The van der Waals surface area contributed by atoms with E-state index in [2.05, 4.69) is 15.5 Å². The monoisotopic (exact) mass is 209 g/mol. The third-order valence-electron chi connectivity index (χ3n) is 2.67. The smallest absolute Gasteiger partial charge is 0.228 e. The number of carbonyl (C=O) groups is 1. The van der Waals surface area contributed by atoms with Gasteiger partial charge in [0.2, 0.25) is 5.91 Å². The summed E-state index contributed by atoms with van der Waals surface area (Å²) in [5.41, 5.74) is 0.954. The van der Waals surface area contributed by atoms with Crippen molar-refractivity contribution >= 4 is 11.7 Å². The lowest BCUT2D eigenvalue weighted by atomic mass is 9.99. The summed E-state index contributed by atoms with van der Waals surface area (Å²) in [7, 11) is 0. The van der Waals surface area contributed by atoms with Gasteiger partial charge in [-0.05, 0) is 19.8 Å². The van der Waals surface area contributed by atoms with Crippen LogP contribution in [-0.2, 0) is 9.53 Å². The minimum Gasteiger partial charge on any atom is -0.381 e. The lowest BCUT2D eigenvalue weighted by Crippen LogP contribution is -2.28. The number of nitrogens with one attached hydrogen (secondary N) is 2. The van der Waals surface area contributed by atoms with Crippen LogP contribution in [0.25, 0.3) is 0 Å². The molecule has 0 aliphatic carbocycles. The first-order chi connectivity index (χ1) is 7.27. The molecule has 1 fully saturated rings. The molecule has 1 saturated heterocycles. The van der Waals surface area contributed by atoms with Crippen LogP contribution in [0.1, 0.15) is 18.4 Å². The molecule has 0 bridgehead atoms. The first-order valence-electron chi connectivity index (χ1n) is 5.16. The Morgan fingerprint density at radius 2 is 2.33 bits per heavy atom. The molecule has 0 unspecified atom stereocenters. The van der Waals surface area contributed by atoms with Crippen molar-refractivity contribution in [1.29, 1.82) is 0 Å². The maximum absolute atomic E-state index is 11.8. The minimum absolute atomic E-state index is 0.0608. The van der Waals surface area contributed by atoms with E-state index in [0.29, 0.717) is 19.0 Å². The van der Waals surface area contributed by atoms with Crippen molar-refractivity contribution in [2.45, 2.75) is 19.8 Å². The molecule has 0 atom stereocenters. The van der Waals surface area contributed by atoms with Crippen LogP contribution in [-0.4, -0.2) is 29.3 Å². The molecular formula is C10H15N3O2. The van der Waals surface area contributed by atoms with Gasteiger partial charge in [-0.15, -0.1) is 0 Å². The van der Waals surface area contributed by atoms with Gasteiger partial charge in [-0.3, -0.25) is 9.89 Å². The van der Waals surface area contributed by atoms with Gasteiger partial charge in [-0.2, -0.15) is 5.10 Å². The van der Waals surface area contributed by atoms with Gasteiger partial charge in [0.25, 0.3) is 0 Å². The van der Waals surface area contributed by atoms with Crippen LogP contribution < -0.4 is 5.32 Å². The van der Waals surface area contributed by atoms with E-state index in [-0.39, 0.29) is 11.8 Å². The van der Waals surface area contributed by atoms with Crippen molar-refractivity contribution in [3.8, 4) is 0 Å². The highest BCUT2D eigenvalue weighted by atomic mass is 16.5. The number of H-pyrrole nitrogens is 1. The molecule has 82 valence electrons. The lowest BCUT2D eigenvalue weighted by molar-refractivity contribution is -0.122. The van der Waals surface area contributed by atoms with E-state index in [1.165, 1.54) is 0 Å². The predicted octanol–water partition coefficient (Wildman–Crippen LogP) is 1.08. The highest BCUT2D eigenvalue weighted by Crippen LogP contribution is 2.17. The average molecular weight is 209 g/mol. The van der Waals surface area contributed by atoms with Crippen LogP contribution in [0.15, 0.2) is 6.20 Å². The van der Waals surface area contributed by atoms with Crippen molar-refractivity contribution in [2.24, 2.45) is 5.92 Å². The van der Waals surface area contributed by atoms with E-state index >= 15 is 0 Å². The normalized spacial score (nSPS) is 17.7. The highest BCUT2D eigenvalue weighted by Gasteiger charge is 2.22. The molecule has 1 aromatic heterocycles. The Hall–Kier alpha value is -1.36. The zero-order valence-electron chi connectivity index (χ0n) is 8.75. The van der Waals surface area contributed by atoms with E-state index in [9.17, 15) is 4.79 Å². The number of amides is 1. The lowest BCUT2D eigenvalue weighted by Gasteiger charge is -2.20. The number of aromatic nitrogens is 2. The fourth-order valence-corrected chi connectivity index (χ4v) is 1.66. The maximum Gasteiger partial charge on any atom is 0.228 e. The van der Waals surface area contributed by atoms with Gasteiger partial charge in [-0.25, -0.2) is 0 Å². The molecule has 0 aromatic carbocycles. The summed E-state index contributed by atoms with van der Waals surface area (Å²) < 4.78 is 5.21. The van der Waals surface area contributed by atoms with Gasteiger partial charge in [0, 0.05) is 24.7 Å². The summed E-state index contributed by atoms with van der Waals surface area (Å²) in [5, 5.41) is 9.47. The van der Waals surface area contributed by atoms with Gasteiger partial charge < -0.3 is 10.1 Å². The molecule has 5 nitrogen and oxygen atoms in total. The van der Waals surface area contributed by atoms with Gasteiger partial charge in [0.05, 0.1) is 6.20 Å². The topological polar surface area (TPSA) is 67.0 Å². The minimum atomic E-state index is 0.0608. The number of rotatable bonds is 2. The van der Waals surface area contributed by atoms with E-state index in [4.69, 9.17) is 4.74 Å². The van der Waals surface area contributed by atoms with E-state index in [1.54, 1.807) is 6.20 Å². The van der Waals surface area contributed by atoms with Crippen molar-refractivity contribution in [1.82, 2.24) is 10.2 Å². The fraction of sp³-hybridized carbons (Fsp3) is 0.600. The van der Waals surface area contributed by atoms with E-state index < -0.39 is 0 Å². The maximum atomic E-state index is 11.8. The Morgan fingerprint density at radius 3 is 2.93 bits per heavy atom. The molecule has 1 aliphatic heterocycles. The van der Waals surface area contributed by atoms with Crippen molar-refractivity contribution < 1.29 is 9.53 Å². The second-order valence-electron chi connectivity index (χ2n) is 3.80. The second kappa shape index (κ2) is 4.44. The number of carbonyl (C=O) groups excluding carboxylic acids is 1. The van der Waals surface area contributed by atoms with Gasteiger partial charge in [0.1, 0.15) is 5.82 Å². The highest BCUT2D eigenvalue weighted by molar-refractivity contribution is 5.92. The Balaban J connectivity index is 1.94. The zero-order chi connectivity index (χ0) is 10.7. The van der Waals surface area contributed by atoms with Crippen LogP contribution in [0, 0.1) is 12.8 Å². The summed E-state index contributed by atoms with van der Waals surface area (Å²) in [6.45, 7) is 3.27. The average Bonchev–Trinajstić information content (AvgIpc) is 2.66. The quantitative estimate of drug-likeness (QED) is 0.766. The van der Waals surface area contributed by atoms with E-state index in [1.807, 2.05) is 6.92 Å². The Morgan fingerprint density at radius 1 is 1.60 bits per heavy atom. The van der Waals surface area contributed by atoms with Gasteiger partial charge in [0.15, 0.2) is 0 Å². The first kappa shape index (κ1) is 10.2. The number of hydrogen-bond donors (Lipinski definition) is 2. The third-order valence-corrected chi connectivity index (χ3v) is 2.67. The Bertz CT molecular complexity index is 342. The molecule has 1 aromatic rings. The first-order valence-corrected chi connectivity index (χ1v) is 5.16. The Labute approximate surface area is 88.2 Å². The van der Waals surface area contributed by atoms with Crippen molar-refractivity contribution in [2.75, 3.05) is 18.5 Å². The fourth-order valence-electron chi connectivity index (χ4n) is 1.66. The summed E-state index contributed by atoms with van der Waals surface area (Å²) in [5.74, 6) is 0.832. The summed E-state index contributed by atoms with van der Waals surface area (Å²) in [4.78, 5) is 11.8. The summed E-state index contributed by atoms with van der Waals surface area (Å²) in [6.07, 6.45) is 3.30. The number of ether oxygens (including phenoxy) is 1. The standard InChI is InChI=1S/C10H15N3O2/c1-7-6-11-13-9(7)12-10(14)8-2-4-15-5-3-8/h6,8H,2-5H2,1H3,(H2,11,12,13,14). The van der Waals surface area contributed by atoms with Crippen LogP contribution in [0.2, 0.25) is 0 Å². The van der Waals surface area contributed by atoms with Crippen LogP contribution in [0.4, 0.5) is 5.82 Å². The summed E-state index contributed by atoms with van der Waals surface area (Å²) in [6, 6.07) is 0. The largest absolute Gasteiger partial charge is 0.381 e. The molecule has 15 heavy (non-hydrogen) atoms. The van der Waals surface area contributed by atoms with Crippen LogP contribution in [0.5, 0.6) is 0 Å². The summed E-state index contributed by atoms with van der Waals surface area (Å²) >= 11 is 0. The predicted molar refractivity (Wildman–Crippen MR) is 55.5 cm³/mol.